The summed E-state index contributed by atoms with van der Waals surface area (Å²) in [5, 5.41) is 34.7. The molecule has 160 valence electrons. The van der Waals surface area contributed by atoms with Gasteiger partial charge in [-0.05, 0) is 52.9 Å². The summed E-state index contributed by atoms with van der Waals surface area (Å²) in [6.45, 7) is 2.11. The number of fused-ring (bicyclic) bond motifs is 2. The van der Waals surface area contributed by atoms with Crippen LogP contribution in [0, 0.1) is 0 Å². The highest BCUT2D eigenvalue weighted by Crippen LogP contribution is 2.50. The van der Waals surface area contributed by atoms with Gasteiger partial charge < -0.3 is 24.8 Å². The summed E-state index contributed by atoms with van der Waals surface area (Å²) >= 11 is 0. The zero-order valence-electron chi connectivity index (χ0n) is 17.0. The predicted molar refractivity (Wildman–Crippen MR) is 113 cm³/mol. The largest absolute Gasteiger partial charge is 0.507 e. The first-order chi connectivity index (χ1) is 14.9. The molecule has 5 rings (SSSR count). The molecule has 1 heterocycles. The summed E-state index contributed by atoms with van der Waals surface area (Å²) in [5.74, 6) is -3.65. The third-order valence-electron chi connectivity index (χ3n) is 6.20. The van der Waals surface area contributed by atoms with Gasteiger partial charge in [-0.2, -0.15) is 0 Å². The minimum atomic E-state index is -2.30. The van der Waals surface area contributed by atoms with Gasteiger partial charge in [0.15, 0.2) is 17.3 Å². The first-order valence-corrected chi connectivity index (χ1v) is 10.4. The van der Waals surface area contributed by atoms with Crippen LogP contribution in [0.3, 0.4) is 0 Å². The molecule has 7 heteroatoms. The Kier molecular flexibility index (Phi) is 4.34. The third kappa shape index (κ3) is 2.76. The normalized spacial score (nSPS) is 19.5. The lowest BCUT2D eigenvalue weighted by Crippen LogP contribution is -2.49. The highest BCUT2D eigenvalue weighted by molar-refractivity contribution is 6.22. The fourth-order valence-electron chi connectivity index (χ4n) is 4.73. The van der Waals surface area contributed by atoms with Gasteiger partial charge in [-0.15, -0.1) is 0 Å². The van der Waals surface area contributed by atoms with Crippen LogP contribution in [-0.2, 0) is 22.4 Å². The Morgan fingerprint density at radius 1 is 1.06 bits per heavy atom. The summed E-state index contributed by atoms with van der Waals surface area (Å²) in [7, 11) is 0. The Morgan fingerprint density at radius 3 is 2.52 bits per heavy atom. The molecule has 0 fully saturated rings. The van der Waals surface area contributed by atoms with E-state index >= 15 is 0 Å². The molecule has 1 aliphatic heterocycles. The molecule has 1 atom stereocenters. The third-order valence-corrected chi connectivity index (χ3v) is 6.20. The van der Waals surface area contributed by atoms with Crippen LogP contribution >= 0.6 is 0 Å². The lowest BCUT2D eigenvalue weighted by molar-refractivity contribution is -0.201. The number of hydrogen-bond donors (Lipinski definition) is 3. The molecule has 0 amide bonds. The van der Waals surface area contributed by atoms with Crippen molar-refractivity contribution in [1.29, 1.82) is 0 Å². The first-order valence-electron chi connectivity index (χ1n) is 10.4. The fourth-order valence-corrected chi connectivity index (χ4v) is 4.73. The molecule has 0 aromatic heterocycles. The van der Waals surface area contributed by atoms with E-state index in [2.05, 4.69) is 0 Å². The molecule has 1 aliphatic carbocycles. The number of Topliss-reactive ketones (excluding diaryl/α,β-unsaturated/α-hetero) is 1. The smallest absolute Gasteiger partial charge is 0.379 e. The summed E-state index contributed by atoms with van der Waals surface area (Å²) in [6.07, 6.45) is 1.89. The number of aromatic hydroxyl groups is 2. The highest BCUT2D eigenvalue weighted by atomic mass is 16.7. The van der Waals surface area contributed by atoms with Crippen molar-refractivity contribution in [3.05, 3.63) is 41.0 Å². The molecular formula is C24H22O7. The van der Waals surface area contributed by atoms with Crippen LogP contribution in [0.25, 0.3) is 21.5 Å². The lowest BCUT2D eigenvalue weighted by Gasteiger charge is -2.35. The van der Waals surface area contributed by atoms with Crippen LogP contribution in [0.4, 0.5) is 0 Å². The van der Waals surface area contributed by atoms with Crippen LogP contribution in [0.2, 0.25) is 0 Å². The summed E-state index contributed by atoms with van der Waals surface area (Å²) in [4.78, 5) is 25.3. The number of phenolic OH excluding ortho intramolecular Hbond substituents is 2. The van der Waals surface area contributed by atoms with E-state index in [0.717, 1.165) is 17.4 Å². The number of carbonyl (C=O) groups excluding carboxylic acids is 2. The lowest BCUT2D eigenvalue weighted by atomic mass is 9.79. The second-order valence-corrected chi connectivity index (χ2v) is 8.15. The molecule has 7 nitrogen and oxygen atoms in total. The Hall–Kier alpha value is -3.32. The SMILES string of the molecule is CCCCOC(=O)[C@]1(O)Cc2c3c4c(c(O)ccc4c4ccc(O)c(c24)O1)C(=O)CC3. The van der Waals surface area contributed by atoms with Crippen molar-refractivity contribution < 1.29 is 34.4 Å². The van der Waals surface area contributed by atoms with Crippen molar-refractivity contribution in [1.82, 2.24) is 0 Å². The van der Waals surface area contributed by atoms with Crippen molar-refractivity contribution in [2.24, 2.45) is 0 Å². The molecule has 0 radical (unpaired) electrons. The Labute approximate surface area is 177 Å². The second-order valence-electron chi connectivity index (χ2n) is 8.15. The predicted octanol–water partition coefficient (Wildman–Crippen LogP) is 3.50. The molecule has 31 heavy (non-hydrogen) atoms. The highest BCUT2D eigenvalue weighted by Gasteiger charge is 2.47. The number of phenols is 2. The maximum atomic E-state index is 12.7. The second kappa shape index (κ2) is 6.85. The Bertz CT molecular complexity index is 1280. The van der Waals surface area contributed by atoms with E-state index in [1.807, 2.05) is 6.92 Å². The topological polar surface area (TPSA) is 113 Å². The average molecular weight is 422 g/mol. The Morgan fingerprint density at radius 2 is 1.77 bits per heavy atom. The molecule has 3 aromatic carbocycles. The molecule has 0 bridgehead atoms. The minimum absolute atomic E-state index is 0.0124. The van der Waals surface area contributed by atoms with Crippen LogP contribution in [0.1, 0.15) is 47.7 Å². The van der Waals surface area contributed by atoms with E-state index in [9.17, 15) is 24.9 Å². The molecule has 0 saturated heterocycles. The van der Waals surface area contributed by atoms with Crippen LogP contribution in [-0.4, -0.2) is 39.5 Å². The molecule has 0 spiro atoms. The number of ether oxygens (including phenoxy) is 2. The molecular weight excluding hydrogens is 400 g/mol. The van der Waals surface area contributed by atoms with Crippen molar-refractivity contribution in [3.8, 4) is 17.2 Å². The zero-order chi connectivity index (χ0) is 21.9. The van der Waals surface area contributed by atoms with E-state index in [-0.39, 0.29) is 48.0 Å². The minimum Gasteiger partial charge on any atom is -0.507 e. The monoisotopic (exact) mass is 422 g/mol. The van der Waals surface area contributed by atoms with Gasteiger partial charge >= 0.3 is 11.8 Å². The van der Waals surface area contributed by atoms with Crippen molar-refractivity contribution in [3.63, 3.8) is 0 Å². The van der Waals surface area contributed by atoms with Gasteiger partial charge in [0, 0.05) is 17.2 Å². The summed E-state index contributed by atoms with van der Waals surface area (Å²) in [5.41, 5.74) is 1.64. The fraction of sp³-hybridized carbons (Fsp3) is 0.333. The molecule has 0 unspecified atom stereocenters. The Balaban J connectivity index is 1.79. The van der Waals surface area contributed by atoms with E-state index in [4.69, 9.17) is 9.47 Å². The van der Waals surface area contributed by atoms with Gasteiger partial charge in [-0.25, -0.2) is 4.79 Å². The van der Waals surface area contributed by atoms with Crippen molar-refractivity contribution >= 4 is 33.3 Å². The van der Waals surface area contributed by atoms with Crippen LogP contribution in [0.15, 0.2) is 24.3 Å². The number of aliphatic hydroxyl groups is 1. The number of aryl methyl sites for hydroxylation is 1. The van der Waals surface area contributed by atoms with E-state index in [0.29, 0.717) is 34.6 Å². The first kappa shape index (κ1) is 19.6. The zero-order valence-corrected chi connectivity index (χ0v) is 17.0. The van der Waals surface area contributed by atoms with E-state index in [1.54, 1.807) is 12.1 Å². The molecule has 2 aliphatic rings. The number of benzene rings is 3. The molecule has 3 N–H and O–H groups in total. The maximum absolute atomic E-state index is 12.7. The van der Waals surface area contributed by atoms with Crippen LogP contribution < -0.4 is 4.74 Å². The van der Waals surface area contributed by atoms with Crippen molar-refractivity contribution in [2.75, 3.05) is 6.61 Å². The van der Waals surface area contributed by atoms with Gasteiger partial charge in [-0.1, -0.05) is 19.4 Å². The summed E-state index contributed by atoms with van der Waals surface area (Å²) < 4.78 is 10.9. The van der Waals surface area contributed by atoms with Gasteiger partial charge in [0.25, 0.3) is 0 Å². The van der Waals surface area contributed by atoms with Gasteiger partial charge in [0.1, 0.15) is 5.75 Å². The van der Waals surface area contributed by atoms with Gasteiger partial charge in [0.2, 0.25) is 0 Å². The van der Waals surface area contributed by atoms with E-state index in [1.165, 1.54) is 12.1 Å². The van der Waals surface area contributed by atoms with Crippen LogP contribution in [0.5, 0.6) is 17.2 Å². The quantitative estimate of drug-likeness (QED) is 0.335. The van der Waals surface area contributed by atoms with E-state index < -0.39 is 11.8 Å². The maximum Gasteiger partial charge on any atom is 0.379 e. The number of hydrogen-bond acceptors (Lipinski definition) is 7. The number of carbonyl (C=O) groups is 2. The summed E-state index contributed by atoms with van der Waals surface area (Å²) in [6, 6.07) is 6.36. The average Bonchev–Trinajstić information content (AvgIpc) is 2.75. The van der Waals surface area contributed by atoms with Crippen molar-refractivity contribution in [2.45, 2.75) is 44.8 Å². The standard InChI is InChI=1S/C24H22O7/c1-2-3-10-30-23(28)24(29)11-15-14-5-8-17(26)21-16(25)7-4-12(19(14)21)13-6-9-18(27)22(31-24)20(13)15/h4,6-7,9,25,27,29H,2-3,5,8,10-11H2,1H3/t24-/m0/s1. The van der Waals surface area contributed by atoms with Gasteiger partial charge in [0.05, 0.1) is 18.6 Å². The number of esters is 1. The number of unbranched alkanes of at least 4 members (excludes halogenated alkanes) is 1. The number of ketones is 1. The molecule has 3 aromatic rings. The molecule has 0 saturated carbocycles. The number of rotatable bonds is 4. The van der Waals surface area contributed by atoms with Gasteiger partial charge in [-0.3, -0.25) is 4.79 Å².